The van der Waals surface area contributed by atoms with E-state index in [0.29, 0.717) is 50.2 Å². The fourth-order valence-electron chi connectivity index (χ4n) is 2.51. The Morgan fingerprint density at radius 3 is 2.68 bits per heavy atom. The largest absolute Gasteiger partial charge is 0.488 e. The molecule has 0 radical (unpaired) electrons. The molecule has 0 bridgehead atoms. The van der Waals surface area contributed by atoms with E-state index >= 15 is 0 Å². The van der Waals surface area contributed by atoms with Gasteiger partial charge in [-0.25, -0.2) is 14.8 Å². The van der Waals surface area contributed by atoms with E-state index in [4.69, 9.17) is 23.7 Å². The van der Waals surface area contributed by atoms with Crippen molar-refractivity contribution in [2.75, 3.05) is 51.2 Å². The molecule has 9 heteroatoms. The number of esters is 1. The molecule has 0 atom stereocenters. The summed E-state index contributed by atoms with van der Waals surface area (Å²) in [6.45, 7) is 6.68. The maximum atomic E-state index is 12.4. The summed E-state index contributed by atoms with van der Waals surface area (Å²) in [5.41, 5.74) is 0.0755. The number of morpholine rings is 1. The standard InChI is InChI=1S/C16H21N3O6/c1-3-23-13-12(16(20)24-4-2)17-14(11-9-22-10-25-11)18-15(13)19-5-7-21-8-6-19/h9H,3-8,10H2,1-2H3. The summed E-state index contributed by atoms with van der Waals surface area (Å²) in [5.74, 6) is 0.887. The van der Waals surface area contributed by atoms with Gasteiger partial charge in [0.1, 0.15) is 6.26 Å². The zero-order chi connectivity index (χ0) is 17.6. The zero-order valence-corrected chi connectivity index (χ0v) is 14.3. The first-order chi connectivity index (χ1) is 12.2. The molecule has 1 aromatic heterocycles. The molecule has 136 valence electrons. The van der Waals surface area contributed by atoms with Gasteiger partial charge in [-0.1, -0.05) is 0 Å². The van der Waals surface area contributed by atoms with Gasteiger partial charge >= 0.3 is 5.97 Å². The van der Waals surface area contributed by atoms with Crippen LogP contribution in [-0.4, -0.2) is 62.2 Å². The second kappa shape index (κ2) is 8.02. The van der Waals surface area contributed by atoms with Crippen molar-refractivity contribution in [2.45, 2.75) is 13.8 Å². The van der Waals surface area contributed by atoms with Gasteiger partial charge in [0, 0.05) is 13.1 Å². The number of hydrogen-bond acceptors (Lipinski definition) is 9. The number of aromatic nitrogens is 2. The third-order valence-electron chi connectivity index (χ3n) is 3.61. The van der Waals surface area contributed by atoms with E-state index in [1.54, 1.807) is 6.92 Å². The van der Waals surface area contributed by atoms with Gasteiger partial charge in [-0.05, 0) is 13.8 Å². The van der Waals surface area contributed by atoms with E-state index < -0.39 is 5.97 Å². The molecule has 2 aliphatic rings. The Bertz CT molecular complexity index is 658. The average molecular weight is 351 g/mol. The fourth-order valence-corrected chi connectivity index (χ4v) is 2.51. The van der Waals surface area contributed by atoms with E-state index in [9.17, 15) is 4.79 Å². The Hall–Kier alpha value is -2.55. The van der Waals surface area contributed by atoms with Crippen LogP contribution >= 0.6 is 0 Å². The van der Waals surface area contributed by atoms with Crippen molar-refractivity contribution in [3.8, 4) is 5.75 Å². The zero-order valence-electron chi connectivity index (χ0n) is 14.3. The minimum Gasteiger partial charge on any atom is -0.488 e. The number of rotatable bonds is 6. The highest BCUT2D eigenvalue weighted by atomic mass is 16.7. The van der Waals surface area contributed by atoms with Crippen LogP contribution in [-0.2, 0) is 18.9 Å². The number of nitrogens with zero attached hydrogens (tertiary/aromatic N) is 3. The van der Waals surface area contributed by atoms with Crippen molar-refractivity contribution >= 4 is 17.5 Å². The molecule has 0 aliphatic carbocycles. The predicted octanol–water partition coefficient (Wildman–Crippen LogP) is 1.19. The highest BCUT2D eigenvalue weighted by molar-refractivity contribution is 5.92. The molecule has 0 spiro atoms. The Kier molecular flexibility index (Phi) is 5.54. The fraction of sp³-hybridized carbons (Fsp3) is 0.562. The Labute approximate surface area is 145 Å². The normalized spacial score (nSPS) is 16.7. The van der Waals surface area contributed by atoms with Gasteiger partial charge in [0.25, 0.3) is 0 Å². The summed E-state index contributed by atoms with van der Waals surface area (Å²) < 4.78 is 26.7. The van der Waals surface area contributed by atoms with Crippen molar-refractivity contribution < 1.29 is 28.5 Å². The monoisotopic (exact) mass is 351 g/mol. The second-order valence-corrected chi connectivity index (χ2v) is 5.21. The summed E-state index contributed by atoms with van der Waals surface area (Å²) in [7, 11) is 0. The van der Waals surface area contributed by atoms with Crippen molar-refractivity contribution in [1.82, 2.24) is 9.97 Å². The number of hydrogen-bond donors (Lipinski definition) is 0. The SMILES string of the molecule is CCOC(=O)c1nc(C2=COCO2)nc(N2CCOCC2)c1OCC. The van der Waals surface area contributed by atoms with Crippen LogP contribution < -0.4 is 9.64 Å². The van der Waals surface area contributed by atoms with Gasteiger partial charge in [0.15, 0.2) is 17.3 Å². The molecule has 1 fully saturated rings. The van der Waals surface area contributed by atoms with Gasteiger partial charge in [0.05, 0.1) is 26.4 Å². The van der Waals surface area contributed by atoms with Crippen LogP contribution in [0.15, 0.2) is 6.26 Å². The summed E-state index contributed by atoms with van der Waals surface area (Å²) in [5, 5.41) is 0. The third kappa shape index (κ3) is 3.76. The molecule has 0 N–H and O–H groups in total. The quantitative estimate of drug-likeness (QED) is 0.701. The molecule has 0 unspecified atom stereocenters. The van der Waals surface area contributed by atoms with Gasteiger partial charge in [-0.3, -0.25) is 0 Å². The molecule has 3 rings (SSSR count). The molecule has 9 nitrogen and oxygen atoms in total. The third-order valence-corrected chi connectivity index (χ3v) is 3.61. The average Bonchev–Trinajstić information content (AvgIpc) is 3.17. The lowest BCUT2D eigenvalue weighted by atomic mass is 10.3. The number of anilines is 1. The Balaban J connectivity index is 2.09. The van der Waals surface area contributed by atoms with Crippen molar-refractivity contribution in [2.24, 2.45) is 0 Å². The van der Waals surface area contributed by atoms with Crippen LogP contribution in [0.25, 0.3) is 5.76 Å². The highest BCUT2D eigenvalue weighted by Crippen LogP contribution is 2.33. The lowest BCUT2D eigenvalue weighted by molar-refractivity contribution is 0.0514. The van der Waals surface area contributed by atoms with Crippen LogP contribution in [0, 0.1) is 0 Å². The van der Waals surface area contributed by atoms with Gasteiger partial charge in [-0.2, -0.15) is 0 Å². The van der Waals surface area contributed by atoms with Crippen molar-refractivity contribution in [3.63, 3.8) is 0 Å². The minimum absolute atomic E-state index is 0.0755. The van der Waals surface area contributed by atoms with Crippen molar-refractivity contribution in [1.29, 1.82) is 0 Å². The summed E-state index contributed by atoms with van der Waals surface area (Å²) in [4.78, 5) is 23.3. The molecular formula is C16H21N3O6. The van der Waals surface area contributed by atoms with E-state index in [1.165, 1.54) is 6.26 Å². The molecule has 1 aromatic rings. The van der Waals surface area contributed by atoms with Gasteiger partial charge in [0.2, 0.25) is 18.4 Å². The molecule has 0 amide bonds. The smallest absolute Gasteiger partial charge is 0.361 e. The number of ether oxygens (including phenoxy) is 5. The van der Waals surface area contributed by atoms with Crippen LogP contribution in [0.3, 0.4) is 0 Å². The molecular weight excluding hydrogens is 330 g/mol. The first kappa shape index (κ1) is 17.3. The maximum absolute atomic E-state index is 12.4. The lowest BCUT2D eigenvalue weighted by Gasteiger charge is -2.29. The molecule has 1 saturated heterocycles. The first-order valence-electron chi connectivity index (χ1n) is 8.24. The molecule has 0 saturated carbocycles. The first-order valence-corrected chi connectivity index (χ1v) is 8.24. The number of carbonyl (C=O) groups is 1. The molecule has 25 heavy (non-hydrogen) atoms. The van der Waals surface area contributed by atoms with Crippen molar-refractivity contribution in [3.05, 3.63) is 17.8 Å². The Morgan fingerprint density at radius 2 is 2.04 bits per heavy atom. The highest BCUT2D eigenvalue weighted by Gasteiger charge is 2.28. The number of carbonyl (C=O) groups excluding carboxylic acids is 1. The Morgan fingerprint density at radius 1 is 1.24 bits per heavy atom. The minimum atomic E-state index is -0.566. The van der Waals surface area contributed by atoms with Gasteiger partial charge in [-0.15, -0.1) is 0 Å². The van der Waals surface area contributed by atoms with Crippen LogP contribution in [0.1, 0.15) is 30.2 Å². The summed E-state index contributed by atoms with van der Waals surface area (Å²) in [6, 6.07) is 0. The van der Waals surface area contributed by atoms with E-state index in [-0.39, 0.29) is 24.9 Å². The lowest BCUT2D eigenvalue weighted by Crippen LogP contribution is -2.37. The van der Waals surface area contributed by atoms with E-state index in [0.717, 1.165) is 0 Å². The molecule has 0 aromatic carbocycles. The second-order valence-electron chi connectivity index (χ2n) is 5.21. The van der Waals surface area contributed by atoms with Crippen LogP contribution in [0.4, 0.5) is 5.82 Å². The van der Waals surface area contributed by atoms with E-state index in [2.05, 4.69) is 9.97 Å². The molecule has 2 aliphatic heterocycles. The van der Waals surface area contributed by atoms with Crippen LogP contribution in [0.2, 0.25) is 0 Å². The van der Waals surface area contributed by atoms with E-state index in [1.807, 2.05) is 11.8 Å². The summed E-state index contributed by atoms with van der Waals surface area (Å²) >= 11 is 0. The molecule has 3 heterocycles. The van der Waals surface area contributed by atoms with Gasteiger partial charge < -0.3 is 28.6 Å². The topological polar surface area (TPSA) is 92.2 Å². The van der Waals surface area contributed by atoms with Crippen LogP contribution in [0.5, 0.6) is 5.75 Å². The predicted molar refractivity (Wildman–Crippen MR) is 87.2 cm³/mol. The maximum Gasteiger partial charge on any atom is 0.361 e. The summed E-state index contributed by atoms with van der Waals surface area (Å²) in [6.07, 6.45) is 1.42.